The van der Waals surface area contributed by atoms with Gasteiger partial charge in [0.15, 0.2) is 5.17 Å². The number of nitrogens with zero attached hydrogens (tertiary/aromatic N) is 3. The minimum Gasteiger partial charge on any atom is -0.508 e. The number of amidine groups is 1. The molecule has 0 aromatic heterocycles. The van der Waals surface area contributed by atoms with Crippen molar-refractivity contribution in [1.82, 2.24) is 0 Å². The Labute approximate surface area is 168 Å². The van der Waals surface area contributed by atoms with Crippen molar-refractivity contribution in [2.75, 3.05) is 4.90 Å². The Kier molecular flexibility index (Phi) is 5.92. The number of rotatable bonds is 4. The SMILES string of the molecule is N/C(=N\N=Cc1ccc(O)cc1)SC1CC(=O)N(c2ccc(Br)cc2)C1=O. The van der Waals surface area contributed by atoms with E-state index in [1.54, 1.807) is 36.4 Å². The summed E-state index contributed by atoms with van der Waals surface area (Å²) in [6.45, 7) is 0. The molecule has 2 aromatic carbocycles. The molecule has 1 unspecified atom stereocenters. The van der Waals surface area contributed by atoms with Gasteiger partial charge in [0.1, 0.15) is 11.0 Å². The minimum atomic E-state index is -0.631. The van der Waals surface area contributed by atoms with Crippen LogP contribution >= 0.6 is 27.7 Å². The molecule has 2 aromatic rings. The van der Waals surface area contributed by atoms with E-state index >= 15 is 0 Å². The molecule has 3 rings (SSSR count). The van der Waals surface area contributed by atoms with Crippen LogP contribution in [0.4, 0.5) is 5.69 Å². The van der Waals surface area contributed by atoms with Gasteiger partial charge in [0.2, 0.25) is 11.8 Å². The van der Waals surface area contributed by atoms with Crippen LogP contribution in [0.15, 0.2) is 63.2 Å². The van der Waals surface area contributed by atoms with E-state index in [-0.39, 0.29) is 29.2 Å². The average molecular weight is 447 g/mol. The summed E-state index contributed by atoms with van der Waals surface area (Å²) in [6.07, 6.45) is 1.53. The number of imide groups is 1. The highest BCUT2D eigenvalue weighted by atomic mass is 79.9. The number of anilines is 1. The lowest BCUT2D eigenvalue weighted by molar-refractivity contribution is -0.121. The molecule has 9 heteroatoms. The van der Waals surface area contributed by atoms with Crippen molar-refractivity contribution in [3.63, 3.8) is 0 Å². The van der Waals surface area contributed by atoms with Gasteiger partial charge in [-0.15, -0.1) is 5.10 Å². The normalized spacial score (nSPS) is 17.9. The van der Waals surface area contributed by atoms with Crippen LogP contribution < -0.4 is 10.6 Å². The van der Waals surface area contributed by atoms with Gasteiger partial charge in [0, 0.05) is 10.9 Å². The molecule has 27 heavy (non-hydrogen) atoms. The fraction of sp³-hybridized carbons (Fsp3) is 0.111. The molecule has 0 saturated carbocycles. The molecule has 1 saturated heterocycles. The van der Waals surface area contributed by atoms with Gasteiger partial charge in [-0.2, -0.15) is 5.10 Å². The third kappa shape index (κ3) is 4.75. The molecule has 1 heterocycles. The van der Waals surface area contributed by atoms with E-state index in [9.17, 15) is 14.7 Å². The Hall–Kier alpha value is -2.65. The van der Waals surface area contributed by atoms with Gasteiger partial charge in [-0.05, 0) is 54.1 Å². The summed E-state index contributed by atoms with van der Waals surface area (Å²) in [6, 6.07) is 13.3. The van der Waals surface area contributed by atoms with E-state index in [1.165, 1.54) is 18.3 Å². The summed E-state index contributed by atoms with van der Waals surface area (Å²) in [5.74, 6) is -0.446. The Morgan fingerprint density at radius 2 is 1.85 bits per heavy atom. The highest BCUT2D eigenvalue weighted by Crippen LogP contribution is 2.30. The van der Waals surface area contributed by atoms with Gasteiger partial charge in [-0.1, -0.05) is 27.7 Å². The van der Waals surface area contributed by atoms with Crippen LogP contribution in [0.5, 0.6) is 5.75 Å². The molecule has 0 radical (unpaired) electrons. The minimum absolute atomic E-state index is 0.0530. The molecule has 1 atom stereocenters. The van der Waals surface area contributed by atoms with Gasteiger partial charge in [0.05, 0.1) is 11.9 Å². The quantitative estimate of drug-likeness (QED) is 0.324. The largest absolute Gasteiger partial charge is 0.508 e. The van der Waals surface area contributed by atoms with Crippen LogP contribution in [0.25, 0.3) is 0 Å². The fourth-order valence-corrected chi connectivity index (χ4v) is 3.52. The molecule has 1 aliphatic heterocycles. The topological polar surface area (TPSA) is 108 Å². The van der Waals surface area contributed by atoms with Crippen molar-refractivity contribution in [2.24, 2.45) is 15.9 Å². The molecule has 0 aliphatic carbocycles. The zero-order chi connectivity index (χ0) is 19.4. The molecule has 138 valence electrons. The first-order valence-corrected chi connectivity index (χ1v) is 9.56. The number of nitrogens with two attached hydrogens (primary N) is 1. The second kappa shape index (κ2) is 8.36. The highest BCUT2D eigenvalue weighted by molar-refractivity contribution is 9.10. The number of hydrogen-bond acceptors (Lipinski definition) is 6. The lowest BCUT2D eigenvalue weighted by atomic mass is 10.2. The zero-order valence-corrected chi connectivity index (χ0v) is 16.4. The summed E-state index contributed by atoms with van der Waals surface area (Å²) in [7, 11) is 0. The number of carbonyl (C=O) groups excluding carboxylic acids is 2. The molecule has 3 N–H and O–H groups in total. The van der Waals surface area contributed by atoms with Crippen LogP contribution in [-0.2, 0) is 9.59 Å². The molecule has 7 nitrogen and oxygen atoms in total. The lowest BCUT2D eigenvalue weighted by Gasteiger charge is -2.14. The van der Waals surface area contributed by atoms with E-state index in [4.69, 9.17) is 5.73 Å². The molecular formula is C18H15BrN4O3S. The number of hydrogen-bond donors (Lipinski definition) is 2. The standard InChI is InChI=1S/C18H15BrN4O3S/c19-12-3-5-13(6-4-12)23-16(25)9-15(17(23)26)27-18(20)22-21-10-11-1-7-14(24)8-2-11/h1-8,10,15,24H,9H2,(H2,20,22). The number of amides is 2. The Morgan fingerprint density at radius 1 is 1.19 bits per heavy atom. The predicted octanol–water partition coefficient (Wildman–Crippen LogP) is 2.87. The van der Waals surface area contributed by atoms with Crippen LogP contribution in [0, 0.1) is 0 Å². The molecule has 1 fully saturated rings. The van der Waals surface area contributed by atoms with E-state index in [0.717, 1.165) is 26.7 Å². The second-order valence-corrected chi connectivity index (χ2v) is 7.77. The third-order valence-electron chi connectivity index (χ3n) is 3.71. The molecule has 2 amide bonds. The summed E-state index contributed by atoms with van der Waals surface area (Å²) < 4.78 is 0.860. The first-order chi connectivity index (χ1) is 12.9. The maximum absolute atomic E-state index is 12.6. The lowest BCUT2D eigenvalue weighted by Crippen LogP contribution is -2.31. The monoisotopic (exact) mass is 446 g/mol. The number of phenolic OH excluding ortho intramolecular Hbond substituents is 1. The van der Waals surface area contributed by atoms with Gasteiger partial charge in [0.25, 0.3) is 0 Å². The zero-order valence-electron chi connectivity index (χ0n) is 13.9. The number of carbonyl (C=O) groups is 2. The fourth-order valence-electron chi connectivity index (χ4n) is 2.44. The Bertz CT molecular complexity index is 913. The Balaban J connectivity index is 1.64. The van der Waals surface area contributed by atoms with E-state index in [2.05, 4.69) is 26.1 Å². The van der Waals surface area contributed by atoms with Gasteiger partial charge < -0.3 is 10.8 Å². The number of phenols is 1. The van der Waals surface area contributed by atoms with Crippen molar-refractivity contribution in [3.05, 3.63) is 58.6 Å². The van der Waals surface area contributed by atoms with Crippen molar-refractivity contribution < 1.29 is 14.7 Å². The second-order valence-electron chi connectivity index (χ2n) is 5.63. The van der Waals surface area contributed by atoms with Crippen LogP contribution in [-0.4, -0.2) is 33.6 Å². The molecule has 0 spiro atoms. The number of halogens is 1. The maximum atomic E-state index is 12.6. The van der Waals surface area contributed by atoms with Crippen molar-refractivity contribution in [3.8, 4) is 5.75 Å². The van der Waals surface area contributed by atoms with Crippen molar-refractivity contribution in [1.29, 1.82) is 0 Å². The van der Waals surface area contributed by atoms with E-state index < -0.39 is 5.25 Å². The molecular weight excluding hydrogens is 432 g/mol. The number of benzene rings is 2. The predicted molar refractivity (Wildman–Crippen MR) is 110 cm³/mol. The summed E-state index contributed by atoms with van der Waals surface area (Å²) in [4.78, 5) is 26.0. The Morgan fingerprint density at radius 3 is 2.52 bits per heavy atom. The van der Waals surface area contributed by atoms with Crippen LogP contribution in [0.3, 0.4) is 0 Å². The van der Waals surface area contributed by atoms with Crippen molar-refractivity contribution >= 4 is 56.6 Å². The van der Waals surface area contributed by atoms with E-state index in [0.29, 0.717) is 5.69 Å². The number of aromatic hydroxyl groups is 1. The summed E-state index contributed by atoms with van der Waals surface area (Å²) in [5, 5.41) is 16.4. The number of thioether (sulfide) groups is 1. The van der Waals surface area contributed by atoms with E-state index in [1.807, 2.05) is 0 Å². The highest BCUT2D eigenvalue weighted by Gasteiger charge is 2.40. The first-order valence-electron chi connectivity index (χ1n) is 7.88. The maximum Gasteiger partial charge on any atom is 0.247 e. The van der Waals surface area contributed by atoms with Gasteiger partial charge in [-0.3, -0.25) is 9.59 Å². The molecule has 1 aliphatic rings. The smallest absolute Gasteiger partial charge is 0.247 e. The summed E-state index contributed by atoms with van der Waals surface area (Å²) in [5.41, 5.74) is 7.09. The van der Waals surface area contributed by atoms with Crippen LogP contribution in [0.1, 0.15) is 12.0 Å². The summed E-state index contributed by atoms with van der Waals surface area (Å²) >= 11 is 4.33. The molecule has 0 bridgehead atoms. The first kappa shape index (κ1) is 19.1. The van der Waals surface area contributed by atoms with Crippen molar-refractivity contribution in [2.45, 2.75) is 11.7 Å². The van der Waals surface area contributed by atoms with Gasteiger partial charge >= 0.3 is 0 Å². The third-order valence-corrected chi connectivity index (χ3v) is 5.21. The van der Waals surface area contributed by atoms with Gasteiger partial charge in [-0.25, -0.2) is 4.90 Å². The van der Waals surface area contributed by atoms with Crippen LogP contribution in [0.2, 0.25) is 0 Å². The average Bonchev–Trinajstić information content (AvgIpc) is 2.91.